The van der Waals surface area contributed by atoms with Crippen molar-refractivity contribution in [2.24, 2.45) is 17.3 Å². The Bertz CT molecular complexity index is 402. The van der Waals surface area contributed by atoms with E-state index < -0.39 is 0 Å². The summed E-state index contributed by atoms with van der Waals surface area (Å²) in [6.45, 7) is 8.35. The first-order chi connectivity index (χ1) is 8.93. The van der Waals surface area contributed by atoms with Gasteiger partial charge in [0.05, 0.1) is 11.7 Å². The Balaban J connectivity index is 1.57. The molecular weight excluding hydrogens is 237 g/mol. The van der Waals surface area contributed by atoms with Crippen LogP contribution in [0.1, 0.15) is 46.5 Å². The predicted octanol–water partition coefficient (Wildman–Crippen LogP) is 2.35. The summed E-state index contributed by atoms with van der Waals surface area (Å²) in [4.78, 5) is 2.42. The van der Waals surface area contributed by atoms with Crippen LogP contribution >= 0.6 is 0 Å². The monoisotopic (exact) mass is 263 g/mol. The Morgan fingerprint density at radius 2 is 2.00 bits per heavy atom. The summed E-state index contributed by atoms with van der Waals surface area (Å²) in [6.07, 6.45) is 5.39. The van der Waals surface area contributed by atoms with Crippen molar-refractivity contribution in [2.75, 3.05) is 13.6 Å². The van der Waals surface area contributed by atoms with Crippen molar-refractivity contribution >= 4 is 7.12 Å². The van der Waals surface area contributed by atoms with Gasteiger partial charge >= 0.3 is 7.12 Å². The van der Waals surface area contributed by atoms with Crippen molar-refractivity contribution in [1.82, 2.24) is 4.90 Å². The molecule has 19 heavy (non-hydrogen) atoms. The van der Waals surface area contributed by atoms with E-state index in [0.717, 1.165) is 5.92 Å². The maximum Gasteiger partial charge on any atom is 0.476 e. The van der Waals surface area contributed by atoms with Gasteiger partial charge in [0.15, 0.2) is 0 Å². The van der Waals surface area contributed by atoms with Gasteiger partial charge in [-0.3, -0.25) is 0 Å². The fourth-order valence-electron chi connectivity index (χ4n) is 5.34. The molecule has 0 N–H and O–H groups in total. The predicted molar refractivity (Wildman–Crippen MR) is 75.8 cm³/mol. The molecule has 1 unspecified atom stereocenters. The Labute approximate surface area is 117 Å². The SMILES string of the molecule is CN1CCCC1B1O[C@@H]2C[C@H]3C[C@H](C3(C)C)[C@]2(C)O1. The molecule has 3 nitrogen and oxygen atoms in total. The summed E-state index contributed by atoms with van der Waals surface area (Å²) in [5.41, 5.74) is 0.414. The molecule has 2 heterocycles. The summed E-state index contributed by atoms with van der Waals surface area (Å²) >= 11 is 0. The Morgan fingerprint density at radius 1 is 1.21 bits per heavy atom. The van der Waals surface area contributed by atoms with Gasteiger partial charge in [0.1, 0.15) is 0 Å². The average molecular weight is 263 g/mol. The van der Waals surface area contributed by atoms with E-state index in [1.54, 1.807) is 0 Å². The molecule has 106 valence electrons. The van der Waals surface area contributed by atoms with Gasteiger partial charge in [-0.1, -0.05) is 13.8 Å². The van der Waals surface area contributed by atoms with Crippen LogP contribution in [0.15, 0.2) is 0 Å². The molecule has 5 atom stereocenters. The van der Waals surface area contributed by atoms with Crippen molar-refractivity contribution in [3.63, 3.8) is 0 Å². The third-order valence-electron chi connectivity index (χ3n) is 6.86. The van der Waals surface area contributed by atoms with Crippen molar-refractivity contribution < 1.29 is 9.31 Å². The zero-order valence-electron chi connectivity index (χ0n) is 12.7. The van der Waals surface area contributed by atoms with E-state index >= 15 is 0 Å². The minimum atomic E-state index is -0.0354. The number of nitrogens with zero attached hydrogens (tertiary/aromatic N) is 1. The first-order valence-electron chi connectivity index (χ1n) is 7.96. The first-order valence-corrected chi connectivity index (χ1v) is 7.96. The standard InChI is InChI=1S/C15H26BNO2/c1-14(2)10-8-11(14)15(3)12(9-10)18-16(19-15)13-6-5-7-17(13)4/h10-13H,5-9H2,1-4H3/t10-,11-,12-,13?,15+/m1/s1. The minimum absolute atomic E-state index is 0.0117. The fourth-order valence-corrected chi connectivity index (χ4v) is 5.34. The summed E-state index contributed by atoms with van der Waals surface area (Å²) in [5.74, 6) is 2.00. The van der Waals surface area contributed by atoms with Crippen LogP contribution in [0.5, 0.6) is 0 Å². The van der Waals surface area contributed by atoms with Gasteiger partial charge in [-0.25, -0.2) is 0 Å². The second-order valence-corrected chi connectivity index (χ2v) is 8.03. The van der Waals surface area contributed by atoms with Crippen molar-refractivity contribution in [3.05, 3.63) is 0 Å². The molecule has 0 aromatic rings. The molecule has 0 spiro atoms. The summed E-state index contributed by atoms with van der Waals surface area (Å²) in [6, 6.07) is 0. The van der Waals surface area contributed by atoms with Crippen LogP contribution in [0.2, 0.25) is 0 Å². The highest BCUT2D eigenvalue weighted by Gasteiger charge is 2.68. The number of rotatable bonds is 1. The molecular formula is C15H26BNO2. The topological polar surface area (TPSA) is 21.7 Å². The van der Waals surface area contributed by atoms with E-state index in [-0.39, 0.29) is 12.7 Å². The van der Waals surface area contributed by atoms with Gasteiger partial charge in [-0.05, 0) is 63.5 Å². The number of hydrogen-bond donors (Lipinski definition) is 0. The van der Waals surface area contributed by atoms with Crippen molar-refractivity contribution in [2.45, 2.75) is 64.1 Å². The highest BCUT2D eigenvalue weighted by molar-refractivity contribution is 6.47. The zero-order valence-corrected chi connectivity index (χ0v) is 12.7. The summed E-state index contributed by atoms with van der Waals surface area (Å²) in [5, 5.41) is 0. The number of hydrogen-bond acceptors (Lipinski definition) is 3. The minimum Gasteiger partial charge on any atom is -0.404 e. The molecule has 5 fully saturated rings. The highest BCUT2D eigenvalue weighted by atomic mass is 16.7. The zero-order chi connectivity index (χ0) is 13.4. The van der Waals surface area contributed by atoms with Crippen molar-refractivity contribution in [3.8, 4) is 0 Å². The lowest BCUT2D eigenvalue weighted by Crippen LogP contribution is -2.65. The molecule has 5 aliphatic rings. The second-order valence-electron chi connectivity index (χ2n) is 8.03. The van der Waals surface area contributed by atoms with E-state index in [4.69, 9.17) is 9.31 Å². The molecule has 2 aliphatic heterocycles. The molecule has 2 saturated heterocycles. The van der Waals surface area contributed by atoms with Gasteiger partial charge < -0.3 is 14.2 Å². The van der Waals surface area contributed by atoms with Crippen LogP contribution in [0, 0.1) is 17.3 Å². The van der Waals surface area contributed by atoms with Gasteiger partial charge in [0.25, 0.3) is 0 Å². The molecule has 0 amide bonds. The molecule has 2 bridgehead atoms. The second kappa shape index (κ2) is 3.77. The largest absolute Gasteiger partial charge is 0.476 e. The van der Waals surface area contributed by atoms with Crippen LogP contribution in [0.4, 0.5) is 0 Å². The Morgan fingerprint density at radius 3 is 2.63 bits per heavy atom. The molecule has 0 aromatic heterocycles. The average Bonchev–Trinajstić information content (AvgIpc) is 2.90. The van der Waals surface area contributed by atoms with Crippen LogP contribution in [0.3, 0.4) is 0 Å². The van der Waals surface area contributed by atoms with Crippen LogP contribution in [0.25, 0.3) is 0 Å². The van der Waals surface area contributed by atoms with E-state index in [1.807, 2.05) is 0 Å². The first kappa shape index (κ1) is 12.7. The normalized spacial score (nSPS) is 52.1. The van der Waals surface area contributed by atoms with E-state index in [2.05, 4.69) is 32.7 Å². The Hall–Kier alpha value is -0.0551. The fraction of sp³-hybridized carbons (Fsp3) is 1.00. The molecule has 5 rings (SSSR count). The van der Waals surface area contributed by atoms with Crippen LogP contribution < -0.4 is 0 Å². The quantitative estimate of drug-likeness (QED) is 0.678. The highest BCUT2D eigenvalue weighted by Crippen LogP contribution is 2.65. The molecule has 0 radical (unpaired) electrons. The van der Waals surface area contributed by atoms with Gasteiger partial charge in [0.2, 0.25) is 0 Å². The van der Waals surface area contributed by atoms with Gasteiger partial charge in [-0.15, -0.1) is 0 Å². The van der Waals surface area contributed by atoms with Crippen molar-refractivity contribution in [1.29, 1.82) is 0 Å². The van der Waals surface area contributed by atoms with Gasteiger partial charge in [0, 0.05) is 5.94 Å². The van der Waals surface area contributed by atoms with Crippen LogP contribution in [-0.2, 0) is 9.31 Å². The van der Waals surface area contributed by atoms with E-state index in [1.165, 1.54) is 32.2 Å². The smallest absolute Gasteiger partial charge is 0.404 e. The summed E-state index contributed by atoms with van der Waals surface area (Å²) in [7, 11) is 2.22. The maximum absolute atomic E-state index is 6.53. The van der Waals surface area contributed by atoms with E-state index in [0.29, 0.717) is 23.4 Å². The molecule has 3 aliphatic carbocycles. The summed E-state index contributed by atoms with van der Waals surface area (Å²) < 4.78 is 12.9. The van der Waals surface area contributed by atoms with Gasteiger partial charge in [-0.2, -0.15) is 0 Å². The number of likely N-dealkylation sites (tertiary alicyclic amines) is 1. The molecule has 0 aromatic carbocycles. The molecule has 3 saturated carbocycles. The van der Waals surface area contributed by atoms with Crippen LogP contribution in [-0.4, -0.2) is 43.3 Å². The third-order valence-corrected chi connectivity index (χ3v) is 6.86. The third kappa shape index (κ3) is 1.51. The Kier molecular flexibility index (Phi) is 2.52. The lowest BCUT2D eigenvalue weighted by molar-refractivity contribution is -0.199. The maximum atomic E-state index is 6.53. The lowest BCUT2D eigenvalue weighted by atomic mass is 9.43. The lowest BCUT2D eigenvalue weighted by Gasteiger charge is -2.64. The van der Waals surface area contributed by atoms with E-state index in [9.17, 15) is 0 Å². The molecule has 4 heteroatoms.